The van der Waals surface area contributed by atoms with E-state index in [-0.39, 0.29) is 5.41 Å². The van der Waals surface area contributed by atoms with Crippen molar-refractivity contribution >= 4 is 22.9 Å². The van der Waals surface area contributed by atoms with Crippen molar-refractivity contribution in [2.75, 3.05) is 39.9 Å². The van der Waals surface area contributed by atoms with Crippen LogP contribution in [-0.4, -0.2) is 44.8 Å². The first-order valence-electron chi connectivity index (χ1n) is 7.35. The van der Waals surface area contributed by atoms with E-state index in [4.69, 9.17) is 16.3 Å². The number of thiophene rings is 1. The molecule has 2 rings (SSSR count). The largest absolute Gasteiger partial charge is 0.381 e. The number of rotatable bonds is 8. The second-order valence-corrected chi connectivity index (χ2v) is 7.66. The van der Waals surface area contributed by atoms with Gasteiger partial charge in [-0.25, -0.2) is 0 Å². The molecule has 1 unspecified atom stereocenters. The molecule has 1 fully saturated rings. The highest BCUT2D eigenvalue weighted by Gasteiger charge is 2.35. The second-order valence-electron chi connectivity index (χ2n) is 5.86. The zero-order valence-corrected chi connectivity index (χ0v) is 14.0. The fraction of sp³-hybridized carbons (Fsp3) is 0.733. The van der Waals surface area contributed by atoms with Crippen molar-refractivity contribution in [1.29, 1.82) is 0 Å². The van der Waals surface area contributed by atoms with Gasteiger partial charge in [-0.3, -0.25) is 0 Å². The molecule has 3 nitrogen and oxygen atoms in total. The maximum atomic E-state index is 6.00. The number of nitrogens with one attached hydrogen (secondary N) is 1. The lowest BCUT2D eigenvalue weighted by molar-refractivity contribution is 0.117. The summed E-state index contributed by atoms with van der Waals surface area (Å²) in [5.41, 5.74) is 0.269. The molecule has 0 aliphatic carbocycles. The summed E-state index contributed by atoms with van der Waals surface area (Å²) in [7, 11) is 2.19. The van der Waals surface area contributed by atoms with E-state index in [0.29, 0.717) is 0 Å². The normalized spacial score (nSPS) is 22.8. The molecule has 0 spiro atoms. The van der Waals surface area contributed by atoms with Crippen LogP contribution < -0.4 is 5.32 Å². The Morgan fingerprint density at radius 1 is 1.50 bits per heavy atom. The van der Waals surface area contributed by atoms with Crippen LogP contribution in [-0.2, 0) is 11.3 Å². The predicted octanol–water partition coefficient (Wildman–Crippen LogP) is 3.24. The van der Waals surface area contributed by atoms with Crippen LogP contribution >= 0.6 is 22.9 Å². The summed E-state index contributed by atoms with van der Waals surface area (Å²) >= 11 is 7.67. The molecule has 2 heterocycles. The van der Waals surface area contributed by atoms with E-state index in [1.54, 1.807) is 11.3 Å². The third kappa shape index (κ3) is 4.71. The van der Waals surface area contributed by atoms with Gasteiger partial charge < -0.3 is 15.0 Å². The molecule has 1 atom stereocenters. The Labute approximate surface area is 131 Å². The molecule has 1 aliphatic heterocycles. The van der Waals surface area contributed by atoms with Gasteiger partial charge in [-0.2, -0.15) is 0 Å². The molecule has 1 saturated heterocycles. The van der Waals surface area contributed by atoms with Gasteiger partial charge in [0, 0.05) is 36.5 Å². The van der Waals surface area contributed by atoms with Crippen LogP contribution in [0.4, 0.5) is 0 Å². The molecule has 5 heteroatoms. The molecule has 1 aromatic heterocycles. The van der Waals surface area contributed by atoms with Crippen LogP contribution in [0.5, 0.6) is 0 Å². The number of hydrogen-bond donors (Lipinski definition) is 1. The van der Waals surface area contributed by atoms with Crippen LogP contribution in [0.25, 0.3) is 0 Å². The minimum atomic E-state index is 0.269. The van der Waals surface area contributed by atoms with Crippen molar-refractivity contribution in [1.82, 2.24) is 10.2 Å². The number of ether oxygens (including phenoxy) is 1. The van der Waals surface area contributed by atoms with E-state index < -0.39 is 0 Å². The highest BCUT2D eigenvalue weighted by Crippen LogP contribution is 2.30. The fourth-order valence-electron chi connectivity index (χ4n) is 2.83. The summed E-state index contributed by atoms with van der Waals surface area (Å²) in [6.07, 6.45) is 2.33. The lowest BCUT2D eigenvalue weighted by atomic mass is 9.86. The van der Waals surface area contributed by atoms with Crippen molar-refractivity contribution in [3.8, 4) is 0 Å². The number of hydrogen-bond acceptors (Lipinski definition) is 4. The molecule has 20 heavy (non-hydrogen) atoms. The molecular weight excluding hydrogens is 292 g/mol. The zero-order valence-electron chi connectivity index (χ0n) is 12.5. The van der Waals surface area contributed by atoms with Crippen LogP contribution in [0.1, 0.15) is 24.6 Å². The smallest absolute Gasteiger partial charge is 0.0931 e. The van der Waals surface area contributed by atoms with Crippen molar-refractivity contribution in [2.45, 2.75) is 26.3 Å². The second kappa shape index (κ2) is 7.76. The third-order valence-electron chi connectivity index (χ3n) is 3.77. The van der Waals surface area contributed by atoms with Crippen molar-refractivity contribution in [3.05, 3.63) is 21.3 Å². The van der Waals surface area contributed by atoms with E-state index in [2.05, 4.69) is 30.3 Å². The lowest BCUT2D eigenvalue weighted by Gasteiger charge is -2.32. The average Bonchev–Trinajstić information content (AvgIpc) is 3.00. The molecule has 1 aromatic rings. The predicted molar refractivity (Wildman–Crippen MR) is 86.7 cm³/mol. The van der Waals surface area contributed by atoms with Crippen LogP contribution in [0, 0.1) is 5.41 Å². The maximum absolute atomic E-state index is 6.00. The van der Waals surface area contributed by atoms with Gasteiger partial charge in [0.2, 0.25) is 0 Å². The maximum Gasteiger partial charge on any atom is 0.0931 e. The quantitative estimate of drug-likeness (QED) is 0.745. The molecule has 0 bridgehead atoms. The summed E-state index contributed by atoms with van der Waals surface area (Å²) < 4.78 is 6.53. The Kier molecular flexibility index (Phi) is 6.30. The molecule has 0 radical (unpaired) electrons. The Hall–Kier alpha value is -0.130. The molecule has 114 valence electrons. The van der Waals surface area contributed by atoms with E-state index in [1.165, 1.54) is 11.3 Å². The summed E-state index contributed by atoms with van der Waals surface area (Å²) in [5, 5.41) is 3.57. The van der Waals surface area contributed by atoms with Gasteiger partial charge in [-0.15, -0.1) is 11.3 Å². The highest BCUT2D eigenvalue weighted by molar-refractivity contribution is 7.16. The Bertz CT molecular complexity index is 404. The molecule has 1 N–H and O–H groups in total. The van der Waals surface area contributed by atoms with Gasteiger partial charge in [0.25, 0.3) is 0 Å². The SMILES string of the molecule is CCCNCC1(CN(C)Cc2ccc(Cl)s2)CCOC1. The molecule has 0 saturated carbocycles. The van der Waals surface area contributed by atoms with Crippen molar-refractivity contribution < 1.29 is 4.74 Å². The lowest BCUT2D eigenvalue weighted by Crippen LogP contribution is -2.43. The zero-order chi connectivity index (χ0) is 14.4. The van der Waals surface area contributed by atoms with Gasteiger partial charge >= 0.3 is 0 Å². The number of nitrogens with zero attached hydrogens (tertiary/aromatic N) is 1. The van der Waals surface area contributed by atoms with Gasteiger partial charge in [0.1, 0.15) is 0 Å². The van der Waals surface area contributed by atoms with Gasteiger partial charge in [-0.1, -0.05) is 18.5 Å². The van der Waals surface area contributed by atoms with Crippen LogP contribution in [0.15, 0.2) is 12.1 Å². The first-order chi connectivity index (χ1) is 9.63. The topological polar surface area (TPSA) is 24.5 Å². The van der Waals surface area contributed by atoms with Gasteiger partial charge in [-0.05, 0) is 38.6 Å². The minimum Gasteiger partial charge on any atom is -0.381 e. The fourth-order valence-corrected chi connectivity index (χ4v) is 4.00. The highest BCUT2D eigenvalue weighted by atomic mass is 35.5. The summed E-state index contributed by atoms with van der Waals surface area (Å²) in [6.45, 7) is 8.15. The number of halogens is 1. The average molecular weight is 317 g/mol. The molecule has 0 aromatic carbocycles. The Balaban J connectivity index is 1.86. The van der Waals surface area contributed by atoms with Crippen LogP contribution in [0.2, 0.25) is 4.34 Å². The van der Waals surface area contributed by atoms with E-state index in [9.17, 15) is 0 Å². The van der Waals surface area contributed by atoms with E-state index in [0.717, 1.165) is 50.1 Å². The molecule has 1 aliphatic rings. The molecule has 0 amide bonds. The summed E-state index contributed by atoms with van der Waals surface area (Å²) in [5.74, 6) is 0. The van der Waals surface area contributed by atoms with E-state index >= 15 is 0 Å². The standard InChI is InChI=1S/C15H25ClN2OS/c1-3-7-17-10-15(6-8-19-12-15)11-18(2)9-13-4-5-14(16)20-13/h4-5,17H,3,6-12H2,1-2H3. The van der Waals surface area contributed by atoms with Crippen molar-refractivity contribution in [3.63, 3.8) is 0 Å². The van der Waals surface area contributed by atoms with Crippen LogP contribution in [0.3, 0.4) is 0 Å². The van der Waals surface area contributed by atoms with Gasteiger partial charge in [0.05, 0.1) is 10.9 Å². The third-order valence-corrected chi connectivity index (χ3v) is 4.99. The van der Waals surface area contributed by atoms with Crippen molar-refractivity contribution in [2.24, 2.45) is 5.41 Å². The Morgan fingerprint density at radius 3 is 2.95 bits per heavy atom. The first-order valence-corrected chi connectivity index (χ1v) is 8.54. The van der Waals surface area contributed by atoms with E-state index in [1.807, 2.05) is 6.07 Å². The summed E-state index contributed by atoms with van der Waals surface area (Å²) in [6, 6.07) is 4.10. The Morgan fingerprint density at radius 2 is 2.35 bits per heavy atom. The monoisotopic (exact) mass is 316 g/mol. The van der Waals surface area contributed by atoms with Gasteiger partial charge in [0.15, 0.2) is 0 Å². The summed E-state index contributed by atoms with van der Waals surface area (Å²) in [4.78, 5) is 3.72. The first kappa shape index (κ1) is 16.2. The minimum absolute atomic E-state index is 0.269. The molecular formula is C15H25ClN2OS.